The Morgan fingerprint density at radius 3 is 2.47 bits per heavy atom. The molecule has 2 aliphatic rings. The van der Waals surface area contributed by atoms with Gasteiger partial charge in [-0.1, -0.05) is 19.3 Å². The molecule has 17 heavy (non-hydrogen) atoms. The van der Waals surface area contributed by atoms with Crippen molar-refractivity contribution in [2.45, 2.75) is 63.4 Å². The van der Waals surface area contributed by atoms with Crippen LogP contribution in [0.5, 0.6) is 0 Å². The van der Waals surface area contributed by atoms with Crippen LogP contribution in [-0.2, 0) is 6.61 Å². The second-order valence-electron chi connectivity index (χ2n) is 5.41. The van der Waals surface area contributed by atoms with Crippen LogP contribution in [0.2, 0.25) is 0 Å². The molecule has 0 radical (unpaired) electrons. The SMILES string of the molecule is OCc1cnc(C2CCCCC2)nc1C1CC1. The van der Waals surface area contributed by atoms with Crippen LogP contribution in [0.3, 0.4) is 0 Å². The van der Waals surface area contributed by atoms with Crippen LogP contribution in [0, 0.1) is 0 Å². The van der Waals surface area contributed by atoms with Gasteiger partial charge in [0, 0.05) is 23.6 Å². The van der Waals surface area contributed by atoms with Crippen LogP contribution >= 0.6 is 0 Å². The number of aromatic nitrogens is 2. The fraction of sp³-hybridized carbons (Fsp3) is 0.714. The van der Waals surface area contributed by atoms with Crippen molar-refractivity contribution in [1.82, 2.24) is 9.97 Å². The van der Waals surface area contributed by atoms with Crippen molar-refractivity contribution in [2.24, 2.45) is 0 Å². The number of hydrogen-bond acceptors (Lipinski definition) is 3. The topological polar surface area (TPSA) is 46.0 Å². The van der Waals surface area contributed by atoms with Gasteiger partial charge in [0.15, 0.2) is 0 Å². The van der Waals surface area contributed by atoms with Crippen molar-refractivity contribution >= 4 is 0 Å². The van der Waals surface area contributed by atoms with Crippen LogP contribution in [0.25, 0.3) is 0 Å². The molecule has 2 saturated carbocycles. The summed E-state index contributed by atoms with van der Waals surface area (Å²) in [7, 11) is 0. The molecule has 3 heteroatoms. The maximum Gasteiger partial charge on any atom is 0.131 e. The summed E-state index contributed by atoms with van der Waals surface area (Å²) in [5.74, 6) is 2.19. The Morgan fingerprint density at radius 1 is 1.06 bits per heavy atom. The van der Waals surface area contributed by atoms with Crippen molar-refractivity contribution in [1.29, 1.82) is 0 Å². The van der Waals surface area contributed by atoms with Crippen LogP contribution in [-0.4, -0.2) is 15.1 Å². The normalized spacial score (nSPS) is 21.7. The molecular weight excluding hydrogens is 212 g/mol. The lowest BCUT2D eigenvalue weighted by atomic mass is 9.88. The average molecular weight is 232 g/mol. The first-order valence-electron chi connectivity index (χ1n) is 6.85. The zero-order chi connectivity index (χ0) is 11.7. The van der Waals surface area contributed by atoms with Gasteiger partial charge in [0.25, 0.3) is 0 Å². The Kier molecular flexibility index (Phi) is 3.10. The van der Waals surface area contributed by atoms with E-state index in [1.54, 1.807) is 0 Å². The minimum Gasteiger partial charge on any atom is -0.392 e. The Hall–Kier alpha value is -0.960. The molecule has 92 valence electrons. The van der Waals surface area contributed by atoms with Crippen LogP contribution in [0.1, 0.15) is 73.9 Å². The van der Waals surface area contributed by atoms with Gasteiger partial charge < -0.3 is 5.11 Å². The lowest BCUT2D eigenvalue weighted by Gasteiger charge is -2.21. The van der Waals surface area contributed by atoms with Gasteiger partial charge >= 0.3 is 0 Å². The number of hydrogen-bond donors (Lipinski definition) is 1. The van der Waals surface area contributed by atoms with Gasteiger partial charge in [-0.25, -0.2) is 9.97 Å². The van der Waals surface area contributed by atoms with Gasteiger partial charge in [-0.05, 0) is 25.7 Å². The van der Waals surface area contributed by atoms with E-state index in [1.165, 1.54) is 44.9 Å². The second-order valence-corrected chi connectivity index (χ2v) is 5.41. The van der Waals surface area contributed by atoms with Crippen molar-refractivity contribution in [3.63, 3.8) is 0 Å². The molecule has 3 rings (SSSR count). The van der Waals surface area contributed by atoms with E-state index in [-0.39, 0.29) is 6.61 Å². The predicted octanol–water partition coefficient (Wildman–Crippen LogP) is 2.89. The summed E-state index contributed by atoms with van der Waals surface area (Å²) in [6.07, 6.45) is 10.8. The number of aliphatic hydroxyl groups is 1. The molecule has 0 amide bonds. The molecule has 1 heterocycles. The molecule has 0 atom stereocenters. The Morgan fingerprint density at radius 2 is 1.82 bits per heavy atom. The number of nitrogens with zero attached hydrogens (tertiary/aromatic N) is 2. The van der Waals surface area contributed by atoms with Gasteiger partial charge in [0.05, 0.1) is 12.3 Å². The van der Waals surface area contributed by atoms with E-state index in [2.05, 4.69) is 4.98 Å². The summed E-state index contributed by atoms with van der Waals surface area (Å²) in [5.41, 5.74) is 2.06. The third kappa shape index (κ3) is 2.34. The number of aliphatic hydroxyl groups excluding tert-OH is 1. The summed E-state index contributed by atoms with van der Waals surface area (Å²) >= 11 is 0. The van der Waals surface area contributed by atoms with Crippen molar-refractivity contribution in [2.75, 3.05) is 0 Å². The van der Waals surface area contributed by atoms with E-state index < -0.39 is 0 Å². The van der Waals surface area contributed by atoms with Crippen molar-refractivity contribution in [3.8, 4) is 0 Å². The van der Waals surface area contributed by atoms with Gasteiger partial charge in [0.2, 0.25) is 0 Å². The number of rotatable bonds is 3. The highest BCUT2D eigenvalue weighted by Gasteiger charge is 2.29. The molecular formula is C14H20N2O. The van der Waals surface area contributed by atoms with E-state index in [1.807, 2.05) is 6.20 Å². The first-order chi connectivity index (χ1) is 8.38. The summed E-state index contributed by atoms with van der Waals surface area (Å²) in [6.45, 7) is 0.0801. The second kappa shape index (κ2) is 4.73. The van der Waals surface area contributed by atoms with E-state index in [9.17, 15) is 5.11 Å². The van der Waals surface area contributed by atoms with E-state index >= 15 is 0 Å². The molecule has 0 bridgehead atoms. The quantitative estimate of drug-likeness (QED) is 0.871. The minimum absolute atomic E-state index is 0.0801. The summed E-state index contributed by atoms with van der Waals surface area (Å²) in [6, 6.07) is 0. The van der Waals surface area contributed by atoms with E-state index in [0.29, 0.717) is 11.8 Å². The average Bonchev–Trinajstić information content (AvgIpc) is 3.23. The monoisotopic (exact) mass is 232 g/mol. The molecule has 0 unspecified atom stereocenters. The zero-order valence-electron chi connectivity index (χ0n) is 10.2. The lowest BCUT2D eigenvalue weighted by Crippen LogP contribution is -2.11. The van der Waals surface area contributed by atoms with Crippen molar-refractivity contribution in [3.05, 3.63) is 23.3 Å². The van der Waals surface area contributed by atoms with Crippen LogP contribution < -0.4 is 0 Å². The molecule has 1 N–H and O–H groups in total. The smallest absolute Gasteiger partial charge is 0.131 e. The summed E-state index contributed by atoms with van der Waals surface area (Å²) < 4.78 is 0. The lowest BCUT2D eigenvalue weighted by molar-refractivity contribution is 0.279. The highest BCUT2D eigenvalue weighted by atomic mass is 16.3. The van der Waals surface area contributed by atoms with Crippen LogP contribution in [0.15, 0.2) is 6.20 Å². The first kappa shape index (κ1) is 11.1. The fourth-order valence-corrected chi connectivity index (χ4v) is 2.82. The molecule has 0 aromatic carbocycles. The highest BCUT2D eigenvalue weighted by molar-refractivity contribution is 5.25. The Bertz CT molecular complexity index is 395. The van der Waals surface area contributed by atoms with Crippen molar-refractivity contribution < 1.29 is 5.11 Å². The molecule has 1 aromatic heterocycles. The Balaban J connectivity index is 1.86. The highest BCUT2D eigenvalue weighted by Crippen LogP contribution is 2.41. The van der Waals surface area contributed by atoms with Crippen LogP contribution in [0.4, 0.5) is 0 Å². The standard InChI is InChI=1S/C14H20N2O/c17-9-12-8-15-14(11-4-2-1-3-5-11)16-13(12)10-6-7-10/h8,10-11,17H,1-7,9H2. The fourth-order valence-electron chi connectivity index (χ4n) is 2.82. The minimum atomic E-state index is 0.0801. The molecule has 2 aliphatic carbocycles. The molecule has 0 spiro atoms. The maximum absolute atomic E-state index is 9.32. The molecule has 0 aliphatic heterocycles. The summed E-state index contributed by atoms with van der Waals surface area (Å²) in [4.78, 5) is 9.23. The molecule has 3 nitrogen and oxygen atoms in total. The molecule has 1 aromatic rings. The largest absolute Gasteiger partial charge is 0.392 e. The third-order valence-electron chi connectivity index (χ3n) is 4.02. The van der Waals surface area contributed by atoms with Gasteiger partial charge in [-0.15, -0.1) is 0 Å². The molecule has 2 fully saturated rings. The van der Waals surface area contributed by atoms with Gasteiger partial charge in [-0.2, -0.15) is 0 Å². The Labute approximate surface area is 102 Å². The van der Waals surface area contributed by atoms with Gasteiger partial charge in [0.1, 0.15) is 5.82 Å². The van der Waals surface area contributed by atoms with E-state index in [4.69, 9.17) is 4.98 Å². The van der Waals surface area contributed by atoms with Gasteiger partial charge in [-0.3, -0.25) is 0 Å². The predicted molar refractivity (Wildman–Crippen MR) is 65.8 cm³/mol. The maximum atomic E-state index is 9.32. The third-order valence-corrected chi connectivity index (χ3v) is 4.02. The first-order valence-corrected chi connectivity index (χ1v) is 6.85. The summed E-state index contributed by atoms with van der Waals surface area (Å²) in [5, 5.41) is 9.32. The van der Waals surface area contributed by atoms with E-state index in [0.717, 1.165) is 17.1 Å². The zero-order valence-corrected chi connectivity index (χ0v) is 10.2. The molecule has 0 saturated heterocycles.